The fraction of sp³-hybridized carbons (Fsp3) is 0.415. The predicted molar refractivity (Wildman–Crippen MR) is 201 cm³/mol. The van der Waals surface area contributed by atoms with Crippen LogP contribution in [0, 0.1) is 5.41 Å². The van der Waals surface area contributed by atoms with Gasteiger partial charge in [-0.2, -0.15) is 4.99 Å². The number of rotatable bonds is 5. The first-order valence-corrected chi connectivity index (χ1v) is 19.2. The lowest BCUT2D eigenvalue weighted by Gasteiger charge is -2.50. The molecule has 1 saturated carbocycles. The minimum atomic E-state index is -1.77. The van der Waals surface area contributed by atoms with Gasteiger partial charge in [0, 0.05) is 40.3 Å². The summed E-state index contributed by atoms with van der Waals surface area (Å²) in [5, 5.41) is 54.8. The van der Waals surface area contributed by atoms with Gasteiger partial charge in [0.2, 0.25) is 18.0 Å². The van der Waals surface area contributed by atoms with E-state index in [1.54, 1.807) is 30.3 Å². The van der Waals surface area contributed by atoms with Crippen LogP contribution >= 0.6 is 0 Å². The number of ether oxygens (including phenoxy) is 4. The number of carbonyl (C=O) groups excluding carboxylic acids is 3. The molecule has 2 aliphatic carbocycles. The van der Waals surface area contributed by atoms with Gasteiger partial charge in [-0.15, -0.1) is 0 Å². The molecule has 7 N–H and O–H groups in total. The van der Waals surface area contributed by atoms with E-state index < -0.39 is 66.3 Å². The number of nitrogens with zero attached hydrogens (tertiary/aromatic N) is 2. The van der Waals surface area contributed by atoms with Crippen LogP contribution in [0.3, 0.4) is 0 Å². The SMILES string of the molecule is N=C1N=C2C(=NC[NH+]2c2ccccc2C2CCOC3(CCCCC3)C3OC(Oc4c2cc2c(c4OCCO)C(=O)c4ccccc4C2=O)C(O)C(O)C3O)C(=O)N1. The highest BCUT2D eigenvalue weighted by molar-refractivity contribution is 6.68. The lowest BCUT2D eigenvalue weighted by atomic mass is 9.76. The zero-order valence-corrected chi connectivity index (χ0v) is 30.8. The van der Waals surface area contributed by atoms with Crippen molar-refractivity contribution in [2.75, 3.05) is 26.5 Å². The van der Waals surface area contributed by atoms with E-state index in [-0.39, 0.29) is 77.6 Å². The Bertz CT molecular complexity index is 2250. The molecule has 7 atom stereocenters. The molecule has 1 saturated heterocycles. The number of ketones is 2. The number of quaternary nitrogens is 1. The molecule has 3 aromatic rings. The summed E-state index contributed by atoms with van der Waals surface area (Å²) in [6.45, 7) is -0.563. The number of hydrogen-bond donors (Lipinski definition) is 7. The molecule has 57 heavy (non-hydrogen) atoms. The quantitative estimate of drug-likeness (QED) is 0.149. The number of hydrogen-bond acceptors (Lipinski definition) is 13. The topological polar surface area (TPSA) is 234 Å². The van der Waals surface area contributed by atoms with Crippen molar-refractivity contribution in [3.63, 3.8) is 0 Å². The molecular formula is C41H42N5O11+. The number of carbonyl (C=O) groups is 3. The largest absolute Gasteiger partial charge is 0.486 e. The number of aliphatic hydroxyl groups is 4. The number of aliphatic hydroxyl groups excluding tert-OH is 4. The van der Waals surface area contributed by atoms with E-state index in [1.165, 1.54) is 0 Å². The first-order valence-electron chi connectivity index (χ1n) is 19.2. The van der Waals surface area contributed by atoms with Crippen LogP contribution in [0.1, 0.15) is 87.4 Å². The molecule has 4 heterocycles. The summed E-state index contributed by atoms with van der Waals surface area (Å²) >= 11 is 0. The van der Waals surface area contributed by atoms with Crippen molar-refractivity contribution in [3.8, 4) is 11.5 Å². The van der Waals surface area contributed by atoms with E-state index in [1.807, 2.05) is 24.3 Å². The Morgan fingerprint density at radius 2 is 1.65 bits per heavy atom. The zero-order valence-electron chi connectivity index (χ0n) is 30.8. The highest BCUT2D eigenvalue weighted by atomic mass is 16.7. The number of nitrogens with one attached hydrogen (secondary N) is 3. The van der Waals surface area contributed by atoms with Gasteiger partial charge in [-0.1, -0.05) is 61.7 Å². The van der Waals surface area contributed by atoms with Crippen LogP contribution in [-0.2, 0) is 14.3 Å². The molecule has 1 spiro atoms. The molecule has 0 aromatic heterocycles. The smallest absolute Gasteiger partial charge is 0.284 e. The normalized spacial score (nSPS) is 29.1. The van der Waals surface area contributed by atoms with E-state index in [2.05, 4.69) is 15.3 Å². The third-order valence-electron chi connectivity index (χ3n) is 11.9. The third kappa shape index (κ3) is 6.10. The van der Waals surface area contributed by atoms with Crippen molar-refractivity contribution in [2.45, 2.75) is 80.7 Å². The molecule has 7 unspecified atom stereocenters. The van der Waals surface area contributed by atoms with Gasteiger partial charge in [0.25, 0.3) is 11.7 Å². The van der Waals surface area contributed by atoms with Crippen molar-refractivity contribution in [1.82, 2.24) is 5.32 Å². The highest BCUT2D eigenvalue weighted by Crippen LogP contribution is 2.50. The van der Waals surface area contributed by atoms with E-state index in [9.17, 15) is 34.8 Å². The number of amidine groups is 1. The Kier molecular flexibility index (Phi) is 9.59. The van der Waals surface area contributed by atoms with E-state index in [4.69, 9.17) is 24.4 Å². The molecule has 9 rings (SSSR count). The summed E-state index contributed by atoms with van der Waals surface area (Å²) in [5.41, 5.74) is 1.03. The summed E-state index contributed by atoms with van der Waals surface area (Å²) in [6, 6.07) is 15.4. The Labute approximate surface area is 326 Å². The van der Waals surface area contributed by atoms with E-state index in [0.717, 1.165) is 19.3 Å². The van der Waals surface area contributed by atoms with Gasteiger partial charge in [0.1, 0.15) is 36.7 Å². The average molecular weight is 781 g/mol. The van der Waals surface area contributed by atoms with Crippen LogP contribution in [0.15, 0.2) is 64.6 Å². The van der Waals surface area contributed by atoms with Crippen molar-refractivity contribution in [2.24, 2.45) is 9.98 Å². The summed E-state index contributed by atoms with van der Waals surface area (Å²) < 4.78 is 26.1. The van der Waals surface area contributed by atoms with Crippen LogP contribution in [0.25, 0.3) is 0 Å². The lowest BCUT2D eigenvalue weighted by Crippen LogP contribution is -3.09. The molecule has 0 radical (unpaired) electrons. The van der Waals surface area contributed by atoms with Crippen LogP contribution in [-0.4, -0.2) is 118 Å². The van der Waals surface area contributed by atoms with E-state index in [0.29, 0.717) is 34.6 Å². The zero-order chi connectivity index (χ0) is 39.6. The Hall–Kier alpha value is -5.20. The first kappa shape index (κ1) is 37.4. The highest BCUT2D eigenvalue weighted by Gasteiger charge is 2.56. The molecule has 3 aromatic carbocycles. The van der Waals surface area contributed by atoms with Crippen molar-refractivity contribution in [1.29, 1.82) is 5.41 Å². The fourth-order valence-corrected chi connectivity index (χ4v) is 9.25. The number of aliphatic imine (C=N–C) groups is 2. The molecule has 2 bridgehead atoms. The van der Waals surface area contributed by atoms with Crippen LogP contribution in [0.5, 0.6) is 11.5 Å². The predicted octanol–water partition coefficient (Wildman–Crippen LogP) is 0.666. The van der Waals surface area contributed by atoms with Gasteiger partial charge in [-0.05, 0) is 31.4 Å². The maximum Gasteiger partial charge on any atom is 0.284 e. The number of benzene rings is 3. The van der Waals surface area contributed by atoms with Crippen LogP contribution < -0.4 is 19.7 Å². The number of guanidine groups is 1. The minimum absolute atomic E-state index is 0.0374. The second-order valence-corrected chi connectivity index (χ2v) is 15.1. The first-order chi connectivity index (χ1) is 27.6. The Morgan fingerprint density at radius 3 is 2.42 bits per heavy atom. The summed E-state index contributed by atoms with van der Waals surface area (Å²) in [6.07, 6.45) is -4.00. The number of fused-ring (bicyclic) bond motifs is 7. The number of amides is 1. The molecular weight excluding hydrogens is 738 g/mol. The van der Waals surface area contributed by atoms with Crippen molar-refractivity contribution in [3.05, 3.63) is 88.0 Å². The Balaban J connectivity index is 1.28. The van der Waals surface area contributed by atoms with Gasteiger partial charge >= 0.3 is 0 Å². The molecule has 4 aliphatic heterocycles. The van der Waals surface area contributed by atoms with Gasteiger partial charge in [0.15, 0.2) is 29.7 Å². The Morgan fingerprint density at radius 1 is 0.912 bits per heavy atom. The number of para-hydroxylation sites is 1. The van der Waals surface area contributed by atoms with Gasteiger partial charge in [0.05, 0.1) is 17.8 Å². The molecule has 6 aliphatic rings. The monoisotopic (exact) mass is 780 g/mol. The average Bonchev–Trinajstić information content (AvgIpc) is 3.64. The molecule has 2 fully saturated rings. The lowest BCUT2D eigenvalue weighted by molar-refractivity contribution is -0.723. The summed E-state index contributed by atoms with van der Waals surface area (Å²) in [4.78, 5) is 51.1. The molecule has 16 heteroatoms. The van der Waals surface area contributed by atoms with Crippen molar-refractivity contribution >= 4 is 40.7 Å². The van der Waals surface area contributed by atoms with Gasteiger partial charge in [-0.3, -0.25) is 25.1 Å². The molecule has 296 valence electrons. The second-order valence-electron chi connectivity index (χ2n) is 15.1. The second kappa shape index (κ2) is 14.6. The molecule has 1 amide bonds. The maximum absolute atomic E-state index is 14.4. The fourth-order valence-electron chi connectivity index (χ4n) is 9.25. The van der Waals surface area contributed by atoms with Crippen LogP contribution in [0.4, 0.5) is 5.69 Å². The molecule has 16 nitrogen and oxygen atoms in total. The maximum atomic E-state index is 14.4. The standard InChI is InChI=1S/C41H41N5O11/c42-40-44-37-28(38(53)45-40)43-19-46(37)26-11-5-4-8-21(26)20-12-16-55-41(13-6-1-7-14-41)36-32(51)31(50)33(52)39(57-36)56-34-24(20)18-25-27(35(34)54-17-15-47)30(49)23-10-3-2-9-22(23)29(25)48/h2-5,8-11,18,20,31-33,36,39,47,50-52H,1,6-7,12-17,19H2,(H2,42,45,53)/p+1. The van der Waals surface area contributed by atoms with Gasteiger partial charge in [-0.25, -0.2) is 9.89 Å². The van der Waals surface area contributed by atoms with E-state index >= 15 is 0 Å². The van der Waals surface area contributed by atoms with Crippen molar-refractivity contribution < 1.29 is 58.7 Å². The third-order valence-corrected chi connectivity index (χ3v) is 11.9. The minimum Gasteiger partial charge on any atom is -0.486 e. The summed E-state index contributed by atoms with van der Waals surface area (Å²) in [5.74, 6) is -2.48. The van der Waals surface area contributed by atoms with Crippen LogP contribution in [0.2, 0.25) is 0 Å². The summed E-state index contributed by atoms with van der Waals surface area (Å²) in [7, 11) is 0. The van der Waals surface area contributed by atoms with Gasteiger partial charge < -0.3 is 39.4 Å².